The van der Waals surface area contributed by atoms with Gasteiger partial charge in [-0.25, -0.2) is 0 Å². The van der Waals surface area contributed by atoms with Crippen LogP contribution >= 0.6 is 34.8 Å². The molecule has 3 heteroatoms. The molecular weight excluding hydrogens is 178 g/mol. The van der Waals surface area contributed by atoms with Crippen LogP contribution in [0, 0.1) is 5.92 Å². The Morgan fingerprint density at radius 2 is 1.67 bits per heavy atom. The summed E-state index contributed by atoms with van der Waals surface area (Å²) in [6.07, 6.45) is 3.41. The zero-order valence-corrected chi connectivity index (χ0v) is 7.63. The summed E-state index contributed by atoms with van der Waals surface area (Å²) in [7, 11) is 0. The quantitative estimate of drug-likeness (QED) is 0.435. The highest BCUT2D eigenvalue weighted by atomic mass is 35.6. The van der Waals surface area contributed by atoms with Gasteiger partial charge in [-0.05, 0) is 12.0 Å². The van der Waals surface area contributed by atoms with E-state index < -0.39 is 3.79 Å². The van der Waals surface area contributed by atoms with Crippen LogP contribution in [0.15, 0.2) is 12.2 Å². The first-order chi connectivity index (χ1) is 3.92. The summed E-state index contributed by atoms with van der Waals surface area (Å²) in [5.74, 6) is 0.431. The van der Waals surface area contributed by atoms with Gasteiger partial charge < -0.3 is 0 Å². The van der Waals surface area contributed by atoms with E-state index in [4.69, 9.17) is 34.8 Å². The van der Waals surface area contributed by atoms with Gasteiger partial charge in [-0.15, -0.1) is 0 Å². The molecule has 0 aliphatic heterocycles. The second kappa shape index (κ2) is 3.70. The summed E-state index contributed by atoms with van der Waals surface area (Å²) in [5.41, 5.74) is 0. The number of hydrogen-bond acceptors (Lipinski definition) is 0. The molecule has 0 saturated carbocycles. The molecule has 0 bridgehead atoms. The van der Waals surface area contributed by atoms with E-state index in [1.165, 1.54) is 0 Å². The van der Waals surface area contributed by atoms with Crippen molar-refractivity contribution in [2.24, 2.45) is 5.92 Å². The Labute approximate surface area is 70.8 Å². The molecule has 0 nitrogen and oxygen atoms in total. The highest BCUT2D eigenvalue weighted by Crippen LogP contribution is 2.27. The topological polar surface area (TPSA) is 0 Å². The molecule has 0 aliphatic rings. The minimum absolute atomic E-state index is 0.431. The summed E-state index contributed by atoms with van der Waals surface area (Å²) in [4.78, 5) is 0. The molecule has 0 unspecified atom stereocenters. The number of halogens is 3. The molecule has 0 spiro atoms. The fourth-order valence-electron chi connectivity index (χ4n) is 0.302. The lowest BCUT2D eigenvalue weighted by molar-refractivity contribution is 0.828. The Morgan fingerprint density at radius 3 is 1.78 bits per heavy atom. The Balaban J connectivity index is 3.71. The molecule has 0 amide bonds. The zero-order valence-electron chi connectivity index (χ0n) is 5.37. The zero-order chi connectivity index (χ0) is 7.49. The molecule has 0 N–H and O–H groups in total. The number of alkyl halides is 3. The van der Waals surface area contributed by atoms with Crippen molar-refractivity contribution in [3.8, 4) is 0 Å². The molecule has 0 aliphatic carbocycles. The highest BCUT2D eigenvalue weighted by molar-refractivity contribution is 6.68. The fourth-order valence-corrected chi connectivity index (χ4v) is 0.520. The molecule has 0 aromatic heterocycles. The second-order valence-electron chi connectivity index (χ2n) is 2.14. The van der Waals surface area contributed by atoms with E-state index in [0.29, 0.717) is 5.92 Å². The summed E-state index contributed by atoms with van der Waals surface area (Å²) >= 11 is 16.3. The maximum absolute atomic E-state index is 5.42. The smallest absolute Gasteiger partial charge is 0.0818 e. The van der Waals surface area contributed by atoms with E-state index in [2.05, 4.69) is 0 Å². The van der Waals surface area contributed by atoms with Crippen molar-refractivity contribution < 1.29 is 0 Å². The van der Waals surface area contributed by atoms with E-state index >= 15 is 0 Å². The summed E-state index contributed by atoms with van der Waals surface area (Å²) < 4.78 is -1.23. The SMILES string of the molecule is CC(C)C=CC(Cl)(Cl)Cl. The lowest BCUT2D eigenvalue weighted by atomic mass is 10.2. The van der Waals surface area contributed by atoms with Crippen LogP contribution < -0.4 is 0 Å². The summed E-state index contributed by atoms with van der Waals surface area (Å²) in [6.45, 7) is 4.04. The van der Waals surface area contributed by atoms with Crippen molar-refractivity contribution in [3.05, 3.63) is 12.2 Å². The van der Waals surface area contributed by atoms with Crippen LogP contribution in [-0.4, -0.2) is 3.79 Å². The van der Waals surface area contributed by atoms with Gasteiger partial charge in [0, 0.05) is 0 Å². The monoisotopic (exact) mass is 186 g/mol. The van der Waals surface area contributed by atoms with Gasteiger partial charge >= 0.3 is 0 Å². The fraction of sp³-hybridized carbons (Fsp3) is 0.667. The molecule has 0 atom stereocenters. The third-order valence-electron chi connectivity index (χ3n) is 0.670. The average Bonchev–Trinajstić information content (AvgIpc) is 1.59. The predicted octanol–water partition coefficient (Wildman–Crippen LogP) is 3.57. The van der Waals surface area contributed by atoms with Gasteiger partial charge in [0.15, 0.2) is 0 Å². The second-order valence-corrected chi connectivity index (χ2v) is 4.51. The van der Waals surface area contributed by atoms with E-state index in [-0.39, 0.29) is 0 Å². The van der Waals surface area contributed by atoms with Crippen LogP contribution in [0.2, 0.25) is 0 Å². The molecule has 0 saturated heterocycles. The third-order valence-corrected chi connectivity index (χ3v) is 1.05. The van der Waals surface area contributed by atoms with E-state index in [1.807, 2.05) is 19.9 Å². The Morgan fingerprint density at radius 1 is 1.22 bits per heavy atom. The maximum atomic E-state index is 5.42. The molecule has 9 heavy (non-hydrogen) atoms. The van der Waals surface area contributed by atoms with Crippen LogP contribution in [0.5, 0.6) is 0 Å². The molecular formula is C6H9Cl3. The largest absolute Gasteiger partial charge is 0.209 e. The van der Waals surface area contributed by atoms with Crippen molar-refractivity contribution in [1.82, 2.24) is 0 Å². The van der Waals surface area contributed by atoms with Crippen molar-refractivity contribution in [2.45, 2.75) is 17.6 Å². The van der Waals surface area contributed by atoms with Crippen LogP contribution in [0.1, 0.15) is 13.8 Å². The number of rotatable bonds is 1. The van der Waals surface area contributed by atoms with Gasteiger partial charge in [0.2, 0.25) is 3.79 Å². The Kier molecular flexibility index (Phi) is 3.95. The molecule has 0 rings (SSSR count). The number of allylic oxidation sites excluding steroid dienone is 2. The minimum Gasteiger partial charge on any atom is -0.0818 e. The molecule has 0 aromatic carbocycles. The molecule has 54 valence electrons. The lowest BCUT2D eigenvalue weighted by Gasteiger charge is -2.02. The van der Waals surface area contributed by atoms with Gasteiger partial charge in [-0.3, -0.25) is 0 Å². The average molecular weight is 187 g/mol. The van der Waals surface area contributed by atoms with Gasteiger partial charge in [0.05, 0.1) is 0 Å². The standard InChI is InChI=1S/C6H9Cl3/c1-5(2)3-4-6(7,8)9/h3-5H,1-2H3. The van der Waals surface area contributed by atoms with Crippen LogP contribution in [0.3, 0.4) is 0 Å². The lowest BCUT2D eigenvalue weighted by Crippen LogP contribution is -1.95. The van der Waals surface area contributed by atoms with Crippen molar-refractivity contribution in [2.75, 3.05) is 0 Å². The molecule has 0 fully saturated rings. The first-order valence-corrected chi connectivity index (χ1v) is 3.81. The molecule has 0 aromatic rings. The minimum atomic E-state index is -1.23. The number of hydrogen-bond donors (Lipinski definition) is 0. The molecule has 0 radical (unpaired) electrons. The predicted molar refractivity (Wildman–Crippen MR) is 44.3 cm³/mol. The highest BCUT2D eigenvalue weighted by Gasteiger charge is 2.13. The summed E-state index contributed by atoms with van der Waals surface area (Å²) in [6, 6.07) is 0. The van der Waals surface area contributed by atoms with Crippen LogP contribution in [0.25, 0.3) is 0 Å². The first-order valence-electron chi connectivity index (χ1n) is 2.68. The maximum Gasteiger partial charge on any atom is 0.209 e. The van der Waals surface area contributed by atoms with Crippen molar-refractivity contribution in [1.29, 1.82) is 0 Å². The van der Waals surface area contributed by atoms with Gasteiger partial charge in [-0.2, -0.15) is 0 Å². The Hall–Kier alpha value is 0.610. The Bertz CT molecular complexity index is 99.4. The third kappa shape index (κ3) is 8.61. The van der Waals surface area contributed by atoms with Crippen LogP contribution in [0.4, 0.5) is 0 Å². The normalized spacial score (nSPS) is 13.6. The van der Waals surface area contributed by atoms with Gasteiger partial charge in [-0.1, -0.05) is 54.7 Å². The van der Waals surface area contributed by atoms with Gasteiger partial charge in [0.1, 0.15) is 0 Å². The molecule has 0 heterocycles. The van der Waals surface area contributed by atoms with E-state index in [1.54, 1.807) is 6.08 Å². The van der Waals surface area contributed by atoms with Gasteiger partial charge in [0.25, 0.3) is 0 Å². The van der Waals surface area contributed by atoms with Crippen molar-refractivity contribution >= 4 is 34.8 Å². The summed E-state index contributed by atoms with van der Waals surface area (Å²) in [5, 5.41) is 0. The van der Waals surface area contributed by atoms with E-state index in [0.717, 1.165) is 0 Å². The van der Waals surface area contributed by atoms with Crippen molar-refractivity contribution in [3.63, 3.8) is 0 Å². The van der Waals surface area contributed by atoms with E-state index in [9.17, 15) is 0 Å². The van der Waals surface area contributed by atoms with Crippen LogP contribution in [-0.2, 0) is 0 Å². The first kappa shape index (κ1) is 9.61.